The number of ether oxygens (including phenoxy) is 1. The quantitative estimate of drug-likeness (QED) is 0.196. The lowest BCUT2D eigenvalue weighted by atomic mass is 9.87. The normalized spacial score (nSPS) is 11.9. The predicted molar refractivity (Wildman–Crippen MR) is 137 cm³/mol. The molecule has 35 heavy (non-hydrogen) atoms. The van der Waals surface area contributed by atoms with Crippen LogP contribution in [0.4, 0.5) is 5.69 Å². The molecule has 1 atom stereocenters. The number of aromatic nitrogens is 1. The molecule has 0 aliphatic rings. The molecule has 3 aromatic carbocycles. The number of hydrogen-bond acceptors (Lipinski definition) is 4. The molecule has 1 N–H and O–H groups in total. The molecule has 7 heteroatoms. The Bertz CT molecular complexity index is 1310. The second-order valence-corrected chi connectivity index (χ2v) is 8.67. The van der Waals surface area contributed by atoms with E-state index in [1.807, 2.05) is 55.6 Å². The van der Waals surface area contributed by atoms with Crippen molar-refractivity contribution < 1.29 is 14.5 Å². The molecule has 1 unspecified atom stereocenters. The zero-order chi connectivity index (χ0) is 24.8. The van der Waals surface area contributed by atoms with Crippen molar-refractivity contribution in [3.05, 3.63) is 111 Å². The fraction of sp³-hybridized carbons (Fsp3) is 0.250. The summed E-state index contributed by atoms with van der Waals surface area (Å²) in [5.74, 6) is -0.360. The molecule has 1 aromatic heterocycles. The summed E-state index contributed by atoms with van der Waals surface area (Å²) < 4.78 is 7.16. The minimum atomic E-state index is -0.379. The maximum absolute atomic E-state index is 12.9. The van der Waals surface area contributed by atoms with Gasteiger partial charge in [-0.1, -0.05) is 60.2 Å². The van der Waals surface area contributed by atoms with Gasteiger partial charge in [0.15, 0.2) is 0 Å². The molecule has 7 nitrogen and oxygen atoms in total. The van der Waals surface area contributed by atoms with Gasteiger partial charge in [-0.2, -0.15) is 0 Å². The summed E-state index contributed by atoms with van der Waals surface area (Å²) in [7, 11) is 1.59. The van der Waals surface area contributed by atoms with Gasteiger partial charge in [0.2, 0.25) is 5.91 Å². The Morgan fingerprint density at radius 1 is 1.09 bits per heavy atom. The van der Waals surface area contributed by atoms with Crippen LogP contribution in [-0.2, 0) is 16.1 Å². The van der Waals surface area contributed by atoms with Gasteiger partial charge in [-0.05, 0) is 29.7 Å². The number of aryl methyl sites for hydroxylation is 1. The zero-order valence-electron chi connectivity index (χ0n) is 19.9. The molecule has 4 rings (SSSR count). The first-order chi connectivity index (χ1) is 17.0. The van der Waals surface area contributed by atoms with E-state index in [0.29, 0.717) is 19.7 Å². The number of hydrogen-bond donors (Lipinski definition) is 1. The van der Waals surface area contributed by atoms with Crippen molar-refractivity contribution in [1.82, 2.24) is 9.88 Å². The number of nitrogens with zero attached hydrogens (tertiary/aromatic N) is 2. The summed E-state index contributed by atoms with van der Waals surface area (Å²) in [5.41, 5.74) is 5.06. The topological polar surface area (TPSA) is 86.4 Å². The van der Waals surface area contributed by atoms with Crippen molar-refractivity contribution in [3.63, 3.8) is 0 Å². The first-order valence-electron chi connectivity index (χ1n) is 11.6. The third kappa shape index (κ3) is 5.75. The number of carbonyl (C=O) groups excluding carboxylic acids is 1. The van der Waals surface area contributed by atoms with Crippen LogP contribution in [0.3, 0.4) is 0 Å². The average Bonchev–Trinajstić information content (AvgIpc) is 3.21. The van der Waals surface area contributed by atoms with E-state index in [4.69, 9.17) is 4.74 Å². The highest BCUT2D eigenvalue weighted by atomic mass is 16.6. The van der Waals surface area contributed by atoms with E-state index in [-0.39, 0.29) is 28.9 Å². The number of nitro groups is 1. The maximum Gasteiger partial charge on any atom is 0.270 e. The van der Waals surface area contributed by atoms with Crippen LogP contribution in [0.1, 0.15) is 34.6 Å². The highest BCUT2D eigenvalue weighted by Crippen LogP contribution is 2.37. The largest absolute Gasteiger partial charge is 0.383 e. The minimum absolute atomic E-state index is 0.0309. The molecule has 0 saturated heterocycles. The van der Waals surface area contributed by atoms with Crippen molar-refractivity contribution in [2.75, 3.05) is 20.3 Å². The molecule has 0 saturated carbocycles. The zero-order valence-corrected chi connectivity index (χ0v) is 19.9. The van der Waals surface area contributed by atoms with Gasteiger partial charge >= 0.3 is 0 Å². The van der Waals surface area contributed by atoms with Gasteiger partial charge in [-0.3, -0.25) is 14.9 Å². The van der Waals surface area contributed by atoms with Crippen LogP contribution >= 0.6 is 0 Å². The van der Waals surface area contributed by atoms with E-state index < -0.39 is 0 Å². The van der Waals surface area contributed by atoms with Crippen molar-refractivity contribution in [1.29, 1.82) is 0 Å². The predicted octanol–water partition coefficient (Wildman–Crippen LogP) is 5.19. The smallest absolute Gasteiger partial charge is 0.270 e. The molecule has 0 aliphatic carbocycles. The fourth-order valence-corrected chi connectivity index (χ4v) is 4.37. The van der Waals surface area contributed by atoms with Gasteiger partial charge in [0, 0.05) is 61.8 Å². The second kappa shape index (κ2) is 11.0. The molecular formula is C28H29N3O4. The summed E-state index contributed by atoms with van der Waals surface area (Å²) in [6, 6.07) is 23.1. The Balaban J connectivity index is 1.82. The summed E-state index contributed by atoms with van der Waals surface area (Å²) >= 11 is 0. The van der Waals surface area contributed by atoms with Crippen LogP contribution in [0.2, 0.25) is 0 Å². The Kier molecular flexibility index (Phi) is 7.57. The summed E-state index contributed by atoms with van der Waals surface area (Å²) in [4.78, 5) is 24.1. The van der Waals surface area contributed by atoms with E-state index in [0.717, 1.165) is 33.2 Å². The number of nitro benzene ring substituents is 1. The highest BCUT2D eigenvalue weighted by molar-refractivity contribution is 5.88. The monoisotopic (exact) mass is 471 g/mol. The summed E-state index contributed by atoms with van der Waals surface area (Å²) in [6.45, 7) is 3.50. The number of carbonyl (C=O) groups is 1. The SMILES string of the molecule is COCCNC(=O)CC(c1ccc(C)cc1)c1cn(Cc2ccccc2)c2ccc([N+](=O)[O-])cc12. The molecule has 0 fully saturated rings. The third-order valence-electron chi connectivity index (χ3n) is 6.18. The molecule has 0 radical (unpaired) electrons. The van der Waals surface area contributed by atoms with Gasteiger partial charge in [0.1, 0.15) is 0 Å². The number of methoxy groups -OCH3 is 1. The maximum atomic E-state index is 12.9. The van der Waals surface area contributed by atoms with Gasteiger partial charge < -0.3 is 14.6 Å². The van der Waals surface area contributed by atoms with Crippen molar-refractivity contribution >= 4 is 22.5 Å². The first-order valence-corrected chi connectivity index (χ1v) is 11.6. The molecule has 1 amide bonds. The molecule has 0 aliphatic heterocycles. The number of benzene rings is 3. The number of non-ortho nitro benzene ring substituents is 1. The number of nitrogens with one attached hydrogen (secondary N) is 1. The molecular weight excluding hydrogens is 442 g/mol. The number of rotatable bonds is 10. The lowest BCUT2D eigenvalue weighted by molar-refractivity contribution is -0.384. The van der Waals surface area contributed by atoms with Crippen LogP contribution in [-0.4, -0.2) is 35.7 Å². The standard InChI is InChI=1S/C28H29N3O4/c1-20-8-10-22(11-9-20)24(17-28(32)29-14-15-35-2)26-19-30(18-21-6-4-3-5-7-21)27-13-12-23(31(33)34)16-25(26)27/h3-13,16,19,24H,14-15,17-18H2,1-2H3,(H,29,32). The van der Waals surface area contributed by atoms with Crippen LogP contribution in [0.5, 0.6) is 0 Å². The minimum Gasteiger partial charge on any atom is -0.383 e. The molecule has 180 valence electrons. The number of amides is 1. The van der Waals surface area contributed by atoms with Gasteiger partial charge in [0.05, 0.1) is 11.5 Å². The lowest BCUT2D eigenvalue weighted by Crippen LogP contribution is -2.28. The third-order valence-corrected chi connectivity index (χ3v) is 6.18. The van der Waals surface area contributed by atoms with Crippen LogP contribution in [0.25, 0.3) is 10.9 Å². The van der Waals surface area contributed by atoms with E-state index >= 15 is 0 Å². The van der Waals surface area contributed by atoms with Crippen molar-refractivity contribution in [3.8, 4) is 0 Å². The second-order valence-electron chi connectivity index (χ2n) is 8.67. The molecule has 1 heterocycles. The number of fused-ring (bicyclic) bond motifs is 1. The van der Waals surface area contributed by atoms with Crippen molar-refractivity contribution in [2.24, 2.45) is 0 Å². The highest BCUT2D eigenvalue weighted by Gasteiger charge is 2.24. The Hall–Kier alpha value is -3.97. The lowest BCUT2D eigenvalue weighted by Gasteiger charge is -2.17. The van der Waals surface area contributed by atoms with Gasteiger partial charge in [-0.25, -0.2) is 0 Å². The van der Waals surface area contributed by atoms with Crippen molar-refractivity contribution in [2.45, 2.75) is 25.8 Å². The van der Waals surface area contributed by atoms with Crippen LogP contribution < -0.4 is 5.32 Å². The van der Waals surface area contributed by atoms with Gasteiger partial charge in [-0.15, -0.1) is 0 Å². The first kappa shape index (κ1) is 24.2. The van der Waals surface area contributed by atoms with E-state index in [1.54, 1.807) is 19.2 Å². The average molecular weight is 472 g/mol. The Labute approximate surface area is 204 Å². The fourth-order valence-electron chi connectivity index (χ4n) is 4.37. The summed E-state index contributed by atoms with van der Waals surface area (Å²) in [5, 5.41) is 15.3. The Morgan fingerprint density at radius 3 is 2.51 bits per heavy atom. The Morgan fingerprint density at radius 2 is 1.83 bits per heavy atom. The molecule has 0 bridgehead atoms. The van der Waals surface area contributed by atoms with Gasteiger partial charge in [0.25, 0.3) is 5.69 Å². The van der Waals surface area contributed by atoms with E-state index in [2.05, 4.69) is 22.0 Å². The van der Waals surface area contributed by atoms with E-state index in [1.165, 1.54) is 6.07 Å². The van der Waals surface area contributed by atoms with Crippen LogP contribution in [0, 0.1) is 17.0 Å². The van der Waals surface area contributed by atoms with Crippen LogP contribution in [0.15, 0.2) is 79.0 Å². The van der Waals surface area contributed by atoms with E-state index in [9.17, 15) is 14.9 Å². The summed E-state index contributed by atoms with van der Waals surface area (Å²) in [6.07, 6.45) is 2.26. The molecule has 0 spiro atoms. The molecule has 4 aromatic rings.